The van der Waals surface area contributed by atoms with Gasteiger partial charge in [-0.05, 0) is 30.5 Å². The molecular formula is C15H18N4S. The fourth-order valence-electron chi connectivity index (χ4n) is 2.37. The maximum Gasteiger partial charge on any atom is 0.211 e. The third-order valence-corrected chi connectivity index (χ3v) is 4.53. The van der Waals surface area contributed by atoms with Crippen molar-refractivity contribution in [3.63, 3.8) is 0 Å². The summed E-state index contributed by atoms with van der Waals surface area (Å²) in [5, 5.41) is 10.6. The Morgan fingerprint density at radius 3 is 2.80 bits per heavy atom. The highest BCUT2D eigenvalue weighted by atomic mass is 32.2. The van der Waals surface area contributed by atoms with E-state index in [4.69, 9.17) is 0 Å². The highest BCUT2D eigenvalue weighted by Gasteiger charge is 2.13. The van der Waals surface area contributed by atoms with Crippen molar-refractivity contribution in [2.45, 2.75) is 31.8 Å². The van der Waals surface area contributed by atoms with E-state index in [0.29, 0.717) is 0 Å². The van der Waals surface area contributed by atoms with Crippen molar-refractivity contribution in [1.82, 2.24) is 19.7 Å². The van der Waals surface area contributed by atoms with Gasteiger partial charge in [0.05, 0.1) is 5.52 Å². The van der Waals surface area contributed by atoms with Crippen molar-refractivity contribution in [3.8, 4) is 0 Å². The van der Waals surface area contributed by atoms with Gasteiger partial charge in [-0.25, -0.2) is 4.98 Å². The molecule has 0 aliphatic carbocycles. The van der Waals surface area contributed by atoms with E-state index >= 15 is 0 Å². The van der Waals surface area contributed by atoms with E-state index in [1.54, 1.807) is 11.8 Å². The molecule has 20 heavy (non-hydrogen) atoms. The second-order valence-electron chi connectivity index (χ2n) is 4.88. The topological polar surface area (TPSA) is 43.6 Å². The third kappa shape index (κ3) is 2.16. The van der Waals surface area contributed by atoms with E-state index in [9.17, 15) is 0 Å². The first-order chi connectivity index (χ1) is 9.74. The van der Waals surface area contributed by atoms with Crippen LogP contribution in [0, 0.1) is 0 Å². The van der Waals surface area contributed by atoms with E-state index in [0.717, 1.165) is 45.8 Å². The lowest BCUT2D eigenvalue weighted by Crippen LogP contribution is -1.95. The molecule has 0 fully saturated rings. The number of thioether (sulfide) groups is 1. The number of hydrogen-bond acceptors (Lipinski definition) is 4. The predicted molar refractivity (Wildman–Crippen MR) is 84.2 cm³/mol. The Morgan fingerprint density at radius 1 is 1.20 bits per heavy atom. The molecule has 0 amide bonds. The Bertz CT molecular complexity index is 763. The second kappa shape index (κ2) is 5.40. The Hall–Kier alpha value is -1.62. The molecule has 0 aliphatic rings. The molecule has 2 heterocycles. The van der Waals surface area contributed by atoms with Crippen molar-refractivity contribution in [1.29, 1.82) is 0 Å². The number of hydrogen-bond donors (Lipinski definition) is 0. The van der Waals surface area contributed by atoms with Crippen LogP contribution in [0.2, 0.25) is 0 Å². The molecule has 3 rings (SSSR count). The van der Waals surface area contributed by atoms with Crippen LogP contribution in [0.25, 0.3) is 22.1 Å². The van der Waals surface area contributed by atoms with Crippen LogP contribution < -0.4 is 0 Å². The van der Waals surface area contributed by atoms with Crippen molar-refractivity contribution in [3.05, 3.63) is 23.8 Å². The quantitative estimate of drug-likeness (QED) is 0.688. The standard InChI is InChI=1S/C15H18N4S/c1-4-8-20-15-16-14-13(17-18-15)11-9-10(5-2)6-7-12(11)19(14)3/h6-7,9H,4-5,8H2,1-3H3. The minimum absolute atomic E-state index is 0.765. The summed E-state index contributed by atoms with van der Waals surface area (Å²) in [6.07, 6.45) is 2.14. The summed E-state index contributed by atoms with van der Waals surface area (Å²) in [4.78, 5) is 4.66. The summed E-state index contributed by atoms with van der Waals surface area (Å²) in [5.74, 6) is 1.02. The molecule has 0 N–H and O–H groups in total. The molecule has 5 heteroatoms. The van der Waals surface area contributed by atoms with Crippen LogP contribution in [0.3, 0.4) is 0 Å². The second-order valence-corrected chi connectivity index (χ2v) is 5.94. The molecule has 3 aromatic rings. The molecule has 0 saturated carbocycles. The minimum Gasteiger partial charge on any atom is -0.327 e. The van der Waals surface area contributed by atoms with Gasteiger partial charge >= 0.3 is 0 Å². The Labute approximate surface area is 122 Å². The van der Waals surface area contributed by atoms with Crippen LogP contribution in [-0.2, 0) is 13.5 Å². The monoisotopic (exact) mass is 286 g/mol. The molecule has 0 saturated heterocycles. The molecule has 0 spiro atoms. The maximum atomic E-state index is 4.66. The van der Waals surface area contributed by atoms with E-state index < -0.39 is 0 Å². The lowest BCUT2D eigenvalue weighted by Gasteiger charge is -1.99. The highest BCUT2D eigenvalue weighted by Crippen LogP contribution is 2.27. The number of rotatable bonds is 4. The number of benzene rings is 1. The summed E-state index contributed by atoms with van der Waals surface area (Å²) < 4.78 is 2.11. The smallest absolute Gasteiger partial charge is 0.211 e. The third-order valence-electron chi connectivity index (χ3n) is 3.49. The Balaban J connectivity index is 2.20. The van der Waals surface area contributed by atoms with Crippen molar-refractivity contribution in [2.24, 2.45) is 7.05 Å². The molecule has 0 aliphatic heterocycles. The number of aromatic nitrogens is 4. The van der Waals surface area contributed by atoms with E-state index in [1.165, 1.54) is 5.56 Å². The number of fused-ring (bicyclic) bond motifs is 3. The van der Waals surface area contributed by atoms with Gasteiger partial charge in [0.2, 0.25) is 5.16 Å². The van der Waals surface area contributed by atoms with Crippen LogP contribution in [-0.4, -0.2) is 25.5 Å². The first-order valence-electron chi connectivity index (χ1n) is 6.99. The van der Waals surface area contributed by atoms with Gasteiger partial charge in [-0.15, -0.1) is 10.2 Å². The van der Waals surface area contributed by atoms with E-state index in [1.807, 2.05) is 7.05 Å². The van der Waals surface area contributed by atoms with Crippen LogP contribution in [0.1, 0.15) is 25.8 Å². The zero-order chi connectivity index (χ0) is 14.1. The SMILES string of the molecule is CCCSc1nnc2c3cc(CC)ccc3n(C)c2n1. The summed E-state index contributed by atoms with van der Waals surface area (Å²) in [5.41, 5.74) is 4.30. The van der Waals surface area contributed by atoms with Crippen LogP contribution in [0.5, 0.6) is 0 Å². The van der Waals surface area contributed by atoms with E-state index in [-0.39, 0.29) is 0 Å². The summed E-state index contributed by atoms with van der Waals surface area (Å²) >= 11 is 1.66. The van der Waals surface area contributed by atoms with Crippen molar-refractivity contribution < 1.29 is 0 Å². The molecule has 0 unspecified atom stereocenters. The molecule has 2 aromatic heterocycles. The summed E-state index contributed by atoms with van der Waals surface area (Å²) in [7, 11) is 2.04. The van der Waals surface area contributed by atoms with Gasteiger partial charge in [0.25, 0.3) is 0 Å². The van der Waals surface area contributed by atoms with E-state index in [2.05, 4.69) is 51.8 Å². The van der Waals surface area contributed by atoms with Crippen molar-refractivity contribution >= 4 is 33.8 Å². The van der Waals surface area contributed by atoms with Crippen LogP contribution in [0.4, 0.5) is 0 Å². The highest BCUT2D eigenvalue weighted by molar-refractivity contribution is 7.99. The number of aryl methyl sites for hydroxylation is 2. The normalized spacial score (nSPS) is 11.6. The zero-order valence-corrected chi connectivity index (χ0v) is 12.9. The van der Waals surface area contributed by atoms with Crippen LogP contribution in [0.15, 0.2) is 23.4 Å². The maximum absolute atomic E-state index is 4.66. The molecule has 0 atom stereocenters. The van der Waals surface area contributed by atoms with Crippen LogP contribution >= 0.6 is 11.8 Å². The van der Waals surface area contributed by atoms with Gasteiger partial charge in [0.15, 0.2) is 5.65 Å². The fourth-order valence-corrected chi connectivity index (χ4v) is 3.00. The van der Waals surface area contributed by atoms with Gasteiger partial charge in [-0.1, -0.05) is 31.7 Å². The first-order valence-corrected chi connectivity index (χ1v) is 7.97. The average Bonchev–Trinajstić information content (AvgIpc) is 2.77. The van der Waals surface area contributed by atoms with Gasteiger partial charge in [-0.3, -0.25) is 0 Å². The molecule has 1 aromatic carbocycles. The minimum atomic E-state index is 0.765. The predicted octanol–water partition coefficient (Wildman–Crippen LogP) is 3.58. The molecule has 0 radical (unpaired) electrons. The molecule has 4 nitrogen and oxygen atoms in total. The molecule has 0 bridgehead atoms. The largest absolute Gasteiger partial charge is 0.327 e. The first kappa shape index (κ1) is 13.4. The Kier molecular flexibility index (Phi) is 3.61. The molecular weight excluding hydrogens is 268 g/mol. The zero-order valence-electron chi connectivity index (χ0n) is 12.1. The summed E-state index contributed by atoms with van der Waals surface area (Å²) in [6.45, 7) is 4.32. The Morgan fingerprint density at radius 2 is 2.05 bits per heavy atom. The van der Waals surface area contributed by atoms with Gasteiger partial charge < -0.3 is 4.57 Å². The van der Waals surface area contributed by atoms with Gasteiger partial charge in [0.1, 0.15) is 5.52 Å². The lowest BCUT2D eigenvalue weighted by atomic mass is 10.1. The fraction of sp³-hybridized carbons (Fsp3) is 0.400. The number of nitrogens with zero attached hydrogens (tertiary/aromatic N) is 4. The van der Waals surface area contributed by atoms with Crippen molar-refractivity contribution in [2.75, 3.05) is 5.75 Å². The van der Waals surface area contributed by atoms with Gasteiger partial charge in [-0.2, -0.15) is 0 Å². The summed E-state index contributed by atoms with van der Waals surface area (Å²) in [6, 6.07) is 6.52. The average molecular weight is 286 g/mol. The molecule has 104 valence electrons. The van der Waals surface area contributed by atoms with Gasteiger partial charge in [0, 0.05) is 18.2 Å². The lowest BCUT2D eigenvalue weighted by molar-refractivity contribution is 0.854.